The third-order valence-electron chi connectivity index (χ3n) is 4.52. The normalized spacial score (nSPS) is 15.4. The first-order valence-corrected chi connectivity index (χ1v) is 8.68. The number of nitrogens with zero attached hydrogens (tertiary/aromatic N) is 3. The molecule has 6 heteroatoms. The number of aromatic nitrogens is 2. The number of piperidine rings is 1. The van der Waals surface area contributed by atoms with Crippen LogP contribution in [0.15, 0.2) is 30.3 Å². The van der Waals surface area contributed by atoms with Crippen LogP contribution in [0.3, 0.4) is 0 Å². The average Bonchev–Trinajstić information content (AvgIpc) is 2.62. The first kappa shape index (κ1) is 17.3. The van der Waals surface area contributed by atoms with Crippen molar-refractivity contribution in [3.8, 4) is 11.4 Å². The van der Waals surface area contributed by atoms with E-state index in [2.05, 4.69) is 21.8 Å². The van der Waals surface area contributed by atoms with Crippen LogP contribution in [-0.4, -0.2) is 34.1 Å². The molecule has 0 radical (unpaired) electrons. The Labute approximate surface area is 146 Å². The van der Waals surface area contributed by atoms with Crippen molar-refractivity contribution in [3.05, 3.63) is 41.8 Å². The highest BCUT2D eigenvalue weighted by molar-refractivity contribution is 5.70. The van der Waals surface area contributed by atoms with Gasteiger partial charge in [-0.25, -0.2) is 14.4 Å². The largest absolute Gasteiger partial charge is 0.481 e. The van der Waals surface area contributed by atoms with Crippen LogP contribution in [0.25, 0.3) is 11.4 Å². The third-order valence-corrected chi connectivity index (χ3v) is 4.52. The number of carboxylic acid groups (broad SMARTS) is 1. The van der Waals surface area contributed by atoms with Gasteiger partial charge in [0.05, 0.1) is 5.92 Å². The van der Waals surface area contributed by atoms with E-state index in [4.69, 9.17) is 5.11 Å². The fourth-order valence-corrected chi connectivity index (χ4v) is 3.14. The summed E-state index contributed by atoms with van der Waals surface area (Å²) in [6, 6.07) is 8.25. The molecule has 2 heterocycles. The van der Waals surface area contributed by atoms with Crippen molar-refractivity contribution in [2.24, 2.45) is 5.92 Å². The minimum absolute atomic E-state index is 0.282. The Morgan fingerprint density at radius 1 is 1.28 bits per heavy atom. The Hall–Kier alpha value is -2.50. The molecule has 1 fully saturated rings. The van der Waals surface area contributed by atoms with Gasteiger partial charge in [0.15, 0.2) is 5.82 Å². The van der Waals surface area contributed by atoms with Crippen molar-refractivity contribution < 1.29 is 14.3 Å². The number of aliphatic carboxylic acids is 1. The molecule has 0 atom stereocenters. The van der Waals surface area contributed by atoms with Crippen LogP contribution in [0, 0.1) is 11.7 Å². The van der Waals surface area contributed by atoms with Gasteiger partial charge in [0.25, 0.3) is 0 Å². The molecule has 0 spiro atoms. The number of halogens is 1. The monoisotopic (exact) mass is 343 g/mol. The molecule has 3 rings (SSSR count). The van der Waals surface area contributed by atoms with Gasteiger partial charge in [-0.3, -0.25) is 4.79 Å². The SMILES string of the molecule is CCCc1cc(N2CCC(C(=O)O)CC2)nc(-c2cccc(F)c2)n1. The molecule has 1 aliphatic rings. The molecule has 0 saturated carbocycles. The zero-order valence-electron chi connectivity index (χ0n) is 14.3. The van der Waals surface area contributed by atoms with E-state index in [0.29, 0.717) is 37.3 Å². The first-order chi connectivity index (χ1) is 12.1. The van der Waals surface area contributed by atoms with Gasteiger partial charge in [-0.05, 0) is 31.4 Å². The maximum Gasteiger partial charge on any atom is 0.306 e. The summed E-state index contributed by atoms with van der Waals surface area (Å²) < 4.78 is 13.6. The lowest BCUT2D eigenvalue weighted by molar-refractivity contribution is -0.142. The van der Waals surface area contributed by atoms with E-state index >= 15 is 0 Å². The van der Waals surface area contributed by atoms with Crippen molar-refractivity contribution in [1.29, 1.82) is 0 Å². The van der Waals surface area contributed by atoms with Crippen molar-refractivity contribution >= 4 is 11.8 Å². The molecule has 2 aromatic rings. The lowest BCUT2D eigenvalue weighted by Gasteiger charge is -2.31. The van der Waals surface area contributed by atoms with E-state index in [1.807, 2.05) is 6.07 Å². The molecular weight excluding hydrogens is 321 g/mol. The van der Waals surface area contributed by atoms with Gasteiger partial charge < -0.3 is 10.0 Å². The molecule has 1 saturated heterocycles. The van der Waals surface area contributed by atoms with Gasteiger partial charge in [-0.1, -0.05) is 25.5 Å². The summed E-state index contributed by atoms with van der Waals surface area (Å²) in [5.41, 5.74) is 1.58. The van der Waals surface area contributed by atoms with Gasteiger partial charge in [-0.15, -0.1) is 0 Å². The molecule has 1 aromatic heterocycles. The number of hydrogen-bond donors (Lipinski definition) is 1. The van der Waals surface area contributed by atoms with Crippen molar-refractivity contribution in [3.63, 3.8) is 0 Å². The topological polar surface area (TPSA) is 66.3 Å². The number of carboxylic acids is 1. The number of benzene rings is 1. The smallest absolute Gasteiger partial charge is 0.306 e. The van der Waals surface area contributed by atoms with Gasteiger partial charge in [0.2, 0.25) is 0 Å². The van der Waals surface area contributed by atoms with Gasteiger partial charge in [0.1, 0.15) is 11.6 Å². The Bertz CT molecular complexity index is 758. The molecule has 0 bridgehead atoms. The Kier molecular flexibility index (Phi) is 5.26. The number of aryl methyl sites for hydroxylation is 1. The maximum atomic E-state index is 13.6. The molecule has 25 heavy (non-hydrogen) atoms. The molecule has 0 amide bonds. The second-order valence-corrected chi connectivity index (χ2v) is 6.40. The summed E-state index contributed by atoms with van der Waals surface area (Å²) in [5, 5.41) is 9.15. The van der Waals surface area contributed by atoms with Crippen LogP contribution >= 0.6 is 0 Å². The second kappa shape index (κ2) is 7.59. The standard InChI is InChI=1S/C19H22FN3O2/c1-2-4-16-12-17(23-9-7-13(8-10-23)19(24)25)22-18(21-16)14-5-3-6-15(20)11-14/h3,5-6,11-13H,2,4,7-10H2,1H3,(H,24,25). The highest BCUT2D eigenvalue weighted by atomic mass is 19.1. The number of rotatable bonds is 5. The molecule has 0 unspecified atom stereocenters. The summed E-state index contributed by atoms with van der Waals surface area (Å²) in [7, 11) is 0. The minimum Gasteiger partial charge on any atom is -0.481 e. The highest BCUT2D eigenvalue weighted by Crippen LogP contribution is 2.25. The highest BCUT2D eigenvalue weighted by Gasteiger charge is 2.25. The predicted octanol–water partition coefficient (Wildman–Crippen LogP) is 3.54. The summed E-state index contributed by atoms with van der Waals surface area (Å²) in [6.07, 6.45) is 3.00. The van der Waals surface area contributed by atoms with E-state index in [1.54, 1.807) is 12.1 Å². The Morgan fingerprint density at radius 2 is 2.04 bits per heavy atom. The quantitative estimate of drug-likeness (QED) is 0.899. The molecular formula is C19H22FN3O2. The maximum absolute atomic E-state index is 13.6. The summed E-state index contributed by atoms with van der Waals surface area (Å²) in [5.74, 6) is -0.0153. The summed E-state index contributed by atoms with van der Waals surface area (Å²) >= 11 is 0. The zero-order chi connectivity index (χ0) is 17.8. The second-order valence-electron chi connectivity index (χ2n) is 6.40. The Morgan fingerprint density at radius 3 is 2.68 bits per heavy atom. The number of carbonyl (C=O) groups is 1. The van der Waals surface area contributed by atoms with Crippen LogP contribution in [0.4, 0.5) is 10.2 Å². The zero-order valence-corrected chi connectivity index (χ0v) is 14.3. The van der Waals surface area contributed by atoms with Gasteiger partial charge >= 0.3 is 5.97 Å². The van der Waals surface area contributed by atoms with Crippen LogP contribution in [0.2, 0.25) is 0 Å². The first-order valence-electron chi connectivity index (χ1n) is 8.68. The molecule has 132 valence electrons. The molecule has 1 aliphatic heterocycles. The van der Waals surface area contributed by atoms with E-state index in [0.717, 1.165) is 24.4 Å². The number of hydrogen-bond acceptors (Lipinski definition) is 4. The fourth-order valence-electron chi connectivity index (χ4n) is 3.14. The van der Waals surface area contributed by atoms with Gasteiger partial charge in [-0.2, -0.15) is 0 Å². The van der Waals surface area contributed by atoms with Crippen LogP contribution in [0.5, 0.6) is 0 Å². The minimum atomic E-state index is -0.727. The van der Waals surface area contributed by atoms with E-state index in [-0.39, 0.29) is 11.7 Å². The summed E-state index contributed by atoms with van der Waals surface area (Å²) in [6.45, 7) is 3.40. The Balaban J connectivity index is 1.90. The number of anilines is 1. The van der Waals surface area contributed by atoms with Crippen LogP contribution in [0.1, 0.15) is 31.9 Å². The van der Waals surface area contributed by atoms with Crippen LogP contribution in [-0.2, 0) is 11.2 Å². The summed E-state index contributed by atoms with van der Waals surface area (Å²) in [4.78, 5) is 22.4. The van der Waals surface area contributed by atoms with Crippen molar-refractivity contribution in [2.75, 3.05) is 18.0 Å². The molecule has 5 nitrogen and oxygen atoms in total. The molecule has 1 aromatic carbocycles. The third kappa shape index (κ3) is 4.13. The molecule has 0 aliphatic carbocycles. The van der Waals surface area contributed by atoms with E-state index in [1.165, 1.54) is 12.1 Å². The van der Waals surface area contributed by atoms with Crippen LogP contribution < -0.4 is 4.90 Å². The van der Waals surface area contributed by atoms with Crippen molar-refractivity contribution in [2.45, 2.75) is 32.6 Å². The fraction of sp³-hybridized carbons (Fsp3) is 0.421. The molecule has 1 N–H and O–H groups in total. The average molecular weight is 343 g/mol. The lowest BCUT2D eigenvalue weighted by atomic mass is 9.97. The predicted molar refractivity (Wildman–Crippen MR) is 94.0 cm³/mol. The van der Waals surface area contributed by atoms with E-state index in [9.17, 15) is 9.18 Å². The lowest BCUT2D eigenvalue weighted by Crippen LogP contribution is -2.37. The van der Waals surface area contributed by atoms with E-state index < -0.39 is 5.97 Å². The van der Waals surface area contributed by atoms with Crippen molar-refractivity contribution in [1.82, 2.24) is 9.97 Å². The van der Waals surface area contributed by atoms with Gasteiger partial charge in [0, 0.05) is 30.4 Å².